The van der Waals surface area contributed by atoms with Crippen molar-refractivity contribution >= 4 is 0 Å². The largest absolute Gasteiger partial charge is 0.382 e. The molecule has 0 spiro atoms. The Labute approximate surface area is 69.0 Å². The first-order chi connectivity index (χ1) is 5.27. The summed E-state index contributed by atoms with van der Waals surface area (Å²) in [5, 5.41) is 0. The van der Waals surface area contributed by atoms with Crippen LogP contribution in [0.4, 0.5) is 0 Å². The minimum atomic E-state index is 0.620. The predicted molar refractivity (Wildman–Crippen MR) is 45.3 cm³/mol. The summed E-state index contributed by atoms with van der Waals surface area (Å²) in [6, 6.07) is 0. The lowest BCUT2D eigenvalue weighted by atomic mass is 10.1. The van der Waals surface area contributed by atoms with E-state index in [1.807, 2.05) is 0 Å². The molecule has 0 aliphatic heterocycles. The van der Waals surface area contributed by atoms with Crippen molar-refractivity contribution in [2.24, 2.45) is 5.92 Å². The Morgan fingerprint density at radius 2 is 2.00 bits per heavy atom. The molecule has 3 heteroatoms. The Balaban J connectivity index is 2.80. The molecule has 0 heterocycles. The average Bonchev–Trinajstić information content (AvgIpc) is 1.96. The molecule has 1 N–H and O–H groups in total. The number of ether oxygens (including phenoxy) is 1. The molecule has 11 heavy (non-hydrogen) atoms. The first-order valence-corrected chi connectivity index (χ1v) is 4.11. The van der Waals surface area contributed by atoms with Crippen molar-refractivity contribution in [3.63, 3.8) is 0 Å². The third kappa shape index (κ3) is 9.88. The predicted octanol–water partition coefficient (Wildman–Crippen LogP) is 1.20. The molecule has 0 aliphatic carbocycles. The molecule has 0 saturated carbocycles. The average molecular weight is 161 g/mol. The van der Waals surface area contributed by atoms with Crippen LogP contribution in [-0.4, -0.2) is 26.9 Å². The second kappa shape index (κ2) is 7.98. The third-order valence-electron chi connectivity index (χ3n) is 1.32. The highest BCUT2D eigenvalue weighted by atomic mass is 16.7. The number of rotatable bonds is 7. The molecule has 0 bridgehead atoms. The highest BCUT2D eigenvalue weighted by Crippen LogP contribution is 1.95. The van der Waals surface area contributed by atoms with E-state index in [0.717, 1.165) is 18.9 Å². The molecule has 0 atom stereocenters. The lowest BCUT2D eigenvalue weighted by Crippen LogP contribution is -2.19. The molecular formula is C8H19NO2. The summed E-state index contributed by atoms with van der Waals surface area (Å²) in [7, 11) is 1.66. The van der Waals surface area contributed by atoms with Gasteiger partial charge in [0.05, 0.1) is 13.2 Å². The summed E-state index contributed by atoms with van der Waals surface area (Å²) in [6.07, 6.45) is 1.15. The van der Waals surface area contributed by atoms with Gasteiger partial charge in [-0.05, 0) is 12.3 Å². The molecule has 0 fully saturated rings. The molecule has 0 radical (unpaired) electrons. The zero-order chi connectivity index (χ0) is 8.53. The van der Waals surface area contributed by atoms with Crippen LogP contribution >= 0.6 is 0 Å². The summed E-state index contributed by atoms with van der Waals surface area (Å²) in [5.74, 6) is 0.730. The Bertz CT molecular complexity index is 76.5. The molecule has 0 saturated heterocycles. The van der Waals surface area contributed by atoms with E-state index in [0.29, 0.717) is 13.2 Å². The van der Waals surface area contributed by atoms with Crippen LogP contribution in [0, 0.1) is 5.92 Å². The Hall–Kier alpha value is -0.120. The van der Waals surface area contributed by atoms with Gasteiger partial charge in [0, 0.05) is 13.7 Å². The van der Waals surface area contributed by atoms with Crippen molar-refractivity contribution < 1.29 is 9.57 Å². The SMILES string of the molecule is COCCONCCC(C)C. The lowest BCUT2D eigenvalue weighted by molar-refractivity contribution is 0.00547. The van der Waals surface area contributed by atoms with E-state index >= 15 is 0 Å². The molecule has 0 aromatic carbocycles. The van der Waals surface area contributed by atoms with E-state index in [1.54, 1.807) is 7.11 Å². The molecule has 68 valence electrons. The van der Waals surface area contributed by atoms with Crippen molar-refractivity contribution in [2.45, 2.75) is 20.3 Å². The Kier molecular flexibility index (Phi) is 7.89. The monoisotopic (exact) mass is 161 g/mol. The van der Waals surface area contributed by atoms with Crippen LogP contribution in [0.15, 0.2) is 0 Å². The highest BCUT2D eigenvalue weighted by Gasteiger charge is 1.92. The van der Waals surface area contributed by atoms with Crippen molar-refractivity contribution in [3.05, 3.63) is 0 Å². The van der Waals surface area contributed by atoms with Crippen LogP contribution in [0.2, 0.25) is 0 Å². The molecular weight excluding hydrogens is 142 g/mol. The summed E-state index contributed by atoms with van der Waals surface area (Å²) in [4.78, 5) is 5.05. The maximum Gasteiger partial charge on any atom is 0.0915 e. The van der Waals surface area contributed by atoms with Gasteiger partial charge in [-0.1, -0.05) is 13.8 Å². The van der Waals surface area contributed by atoms with Crippen molar-refractivity contribution in [1.82, 2.24) is 5.48 Å². The highest BCUT2D eigenvalue weighted by molar-refractivity contribution is 4.44. The fourth-order valence-corrected chi connectivity index (χ4v) is 0.617. The van der Waals surface area contributed by atoms with E-state index in [9.17, 15) is 0 Å². The zero-order valence-electron chi connectivity index (χ0n) is 7.72. The number of hydroxylamine groups is 1. The fraction of sp³-hybridized carbons (Fsp3) is 1.00. The molecule has 0 unspecified atom stereocenters. The van der Waals surface area contributed by atoms with E-state index in [4.69, 9.17) is 9.57 Å². The quantitative estimate of drug-likeness (QED) is 0.449. The minimum Gasteiger partial charge on any atom is -0.382 e. The van der Waals surface area contributed by atoms with Gasteiger partial charge in [-0.2, -0.15) is 0 Å². The first-order valence-electron chi connectivity index (χ1n) is 4.11. The molecule has 3 nitrogen and oxygen atoms in total. The summed E-state index contributed by atoms with van der Waals surface area (Å²) in [5.41, 5.74) is 2.87. The molecule has 0 amide bonds. The van der Waals surface area contributed by atoms with E-state index in [-0.39, 0.29) is 0 Å². The second-order valence-corrected chi connectivity index (χ2v) is 2.92. The smallest absolute Gasteiger partial charge is 0.0915 e. The number of hydrogen-bond acceptors (Lipinski definition) is 3. The van der Waals surface area contributed by atoms with Crippen LogP contribution in [0.5, 0.6) is 0 Å². The van der Waals surface area contributed by atoms with E-state index in [2.05, 4.69) is 19.3 Å². The van der Waals surface area contributed by atoms with Crippen molar-refractivity contribution in [2.75, 3.05) is 26.9 Å². The summed E-state index contributed by atoms with van der Waals surface area (Å²) < 4.78 is 4.80. The van der Waals surface area contributed by atoms with Gasteiger partial charge in [0.25, 0.3) is 0 Å². The number of nitrogens with one attached hydrogen (secondary N) is 1. The maximum absolute atomic E-state index is 5.05. The first kappa shape index (κ1) is 10.9. The van der Waals surface area contributed by atoms with Gasteiger partial charge in [0.1, 0.15) is 0 Å². The molecule has 0 aromatic heterocycles. The maximum atomic E-state index is 5.05. The number of hydrogen-bond donors (Lipinski definition) is 1. The Morgan fingerprint density at radius 1 is 1.27 bits per heavy atom. The summed E-state index contributed by atoms with van der Waals surface area (Å²) >= 11 is 0. The van der Waals surface area contributed by atoms with Crippen LogP contribution in [-0.2, 0) is 9.57 Å². The lowest BCUT2D eigenvalue weighted by Gasteiger charge is -2.06. The third-order valence-corrected chi connectivity index (χ3v) is 1.32. The minimum absolute atomic E-state index is 0.620. The van der Waals surface area contributed by atoms with E-state index < -0.39 is 0 Å². The van der Waals surface area contributed by atoms with Crippen molar-refractivity contribution in [3.8, 4) is 0 Å². The van der Waals surface area contributed by atoms with Crippen LogP contribution < -0.4 is 5.48 Å². The van der Waals surface area contributed by atoms with E-state index in [1.165, 1.54) is 0 Å². The Morgan fingerprint density at radius 3 is 2.55 bits per heavy atom. The van der Waals surface area contributed by atoms with Gasteiger partial charge in [0.15, 0.2) is 0 Å². The fourth-order valence-electron chi connectivity index (χ4n) is 0.617. The topological polar surface area (TPSA) is 30.5 Å². The van der Waals surface area contributed by atoms with Crippen molar-refractivity contribution in [1.29, 1.82) is 0 Å². The van der Waals surface area contributed by atoms with Gasteiger partial charge in [-0.15, -0.1) is 0 Å². The molecule has 0 aliphatic rings. The van der Waals surface area contributed by atoms with Gasteiger partial charge in [-0.25, -0.2) is 5.48 Å². The zero-order valence-corrected chi connectivity index (χ0v) is 7.72. The standard InChI is InChI=1S/C8H19NO2/c1-8(2)4-5-9-11-7-6-10-3/h8-9H,4-7H2,1-3H3. The summed E-state index contributed by atoms with van der Waals surface area (Å²) in [6.45, 7) is 6.57. The van der Waals surface area contributed by atoms with Crippen LogP contribution in [0.1, 0.15) is 20.3 Å². The molecule has 0 aromatic rings. The second-order valence-electron chi connectivity index (χ2n) is 2.92. The number of methoxy groups -OCH3 is 1. The molecule has 0 rings (SSSR count). The van der Waals surface area contributed by atoms with Crippen LogP contribution in [0.3, 0.4) is 0 Å². The normalized spacial score (nSPS) is 10.9. The van der Waals surface area contributed by atoms with Gasteiger partial charge in [-0.3, -0.25) is 4.84 Å². The van der Waals surface area contributed by atoms with Crippen LogP contribution in [0.25, 0.3) is 0 Å². The van der Waals surface area contributed by atoms with Gasteiger partial charge in [0.2, 0.25) is 0 Å². The van der Waals surface area contributed by atoms with Gasteiger partial charge < -0.3 is 4.74 Å². The van der Waals surface area contributed by atoms with Gasteiger partial charge >= 0.3 is 0 Å².